The fraction of sp³-hybridized carbons (Fsp3) is 0.360. The van der Waals surface area contributed by atoms with Gasteiger partial charge in [0.05, 0.1) is 10.8 Å². The maximum Gasteiger partial charge on any atom is 0.262 e. The first kappa shape index (κ1) is 24.5. The average Bonchev–Trinajstić information content (AvgIpc) is 2.76. The van der Waals surface area contributed by atoms with Gasteiger partial charge in [0, 0.05) is 30.9 Å². The van der Waals surface area contributed by atoms with E-state index in [1.807, 2.05) is 19.1 Å². The smallest absolute Gasteiger partial charge is 0.262 e. The predicted octanol–water partition coefficient (Wildman–Crippen LogP) is 3.57. The van der Waals surface area contributed by atoms with Crippen LogP contribution in [0.2, 0.25) is 0 Å². The minimum atomic E-state index is -3.77. The molecule has 176 valence electrons. The molecule has 1 aliphatic heterocycles. The van der Waals surface area contributed by atoms with Crippen LogP contribution in [-0.4, -0.2) is 44.8 Å². The monoisotopic (exact) mass is 469 g/mol. The van der Waals surface area contributed by atoms with Crippen LogP contribution in [0, 0.1) is 26.7 Å². The molecule has 1 unspecified atom stereocenters. The zero-order valence-corrected chi connectivity index (χ0v) is 20.2. The molecule has 0 spiro atoms. The molecule has 0 saturated carbocycles. The van der Waals surface area contributed by atoms with Crippen LogP contribution >= 0.6 is 0 Å². The summed E-state index contributed by atoms with van der Waals surface area (Å²) in [5.41, 5.74) is 3.20. The van der Waals surface area contributed by atoms with E-state index in [1.165, 1.54) is 0 Å². The lowest BCUT2D eigenvalue weighted by atomic mass is 9.96. The second-order valence-electron chi connectivity index (χ2n) is 8.53. The highest BCUT2D eigenvalue weighted by atomic mass is 32.2. The lowest BCUT2D eigenvalue weighted by Crippen LogP contribution is -2.45. The summed E-state index contributed by atoms with van der Waals surface area (Å²) in [4.78, 5) is 27.2. The first-order chi connectivity index (χ1) is 15.6. The molecule has 1 fully saturated rings. The molecule has 3 rings (SSSR count). The number of nitrogens with zero attached hydrogens (tertiary/aromatic N) is 1. The number of amides is 2. The standard InChI is InChI=1S/C25H31N3O4S/c1-5-12-26-24(29)21-7-6-13-28(16-21)25(30)20-8-10-22(11-9-20)27-33(31,32)23-18(3)14-17(2)15-19(23)4/h5,8-11,14-15,21,27H,1,6-7,12-13,16H2,2-4H3,(H,26,29). The van der Waals surface area contributed by atoms with Gasteiger partial charge in [0.1, 0.15) is 0 Å². The van der Waals surface area contributed by atoms with Crippen molar-refractivity contribution in [2.24, 2.45) is 5.92 Å². The maximum absolute atomic E-state index is 13.0. The van der Waals surface area contributed by atoms with Crippen LogP contribution in [0.15, 0.2) is 53.9 Å². The van der Waals surface area contributed by atoms with Crippen molar-refractivity contribution >= 4 is 27.5 Å². The van der Waals surface area contributed by atoms with E-state index in [-0.39, 0.29) is 22.6 Å². The fourth-order valence-corrected chi connectivity index (χ4v) is 5.87. The van der Waals surface area contributed by atoms with Gasteiger partial charge in [-0.2, -0.15) is 0 Å². The summed E-state index contributed by atoms with van der Waals surface area (Å²) in [5.74, 6) is -0.482. The molecule has 8 heteroatoms. The number of sulfonamides is 1. The molecule has 2 aromatic rings. The van der Waals surface area contributed by atoms with Crippen molar-refractivity contribution < 1.29 is 18.0 Å². The highest BCUT2D eigenvalue weighted by Gasteiger charge is 2.28. The number of likely N-dealkylation sites (tertiary alicyclic amines) is 1. The maximum atomic E-state index is 13.0. The van der Waals surface area contributed by atoms with Crippen molar-refractivity contribution in [1.29, 1.82) is 0 Å². The summed E-state index contributed by atoms with van der Waals surface area (Å²) in [6.07, 6.45) is 3.12. The van der Waals surface area contributed by atoms with Gasteiger partial charge in [-0.25, -0.2) is 8.42 Å². The van der Waals surface area contributed by atoms with E-state index in [1.54, 1.807) is 49.1 Å². The SMILES string of the molecule is C=CCNC(=O)C1CCCN(C(=O)c2ccc(NS(=O)(=O)c3c(C)cc(C)cc3C)cc2)C1. The van der Waals surface area contributed by atoms with Crippen molar-refractivity contribution in [1.82, 2.24) is 10.2 Å². The number of nitrogens with one attached hydrogen (secondary N) is 2. The van der Waals surface area contributed by atoms with Gasteiger partial charge in [0.2, 0.25) is 5.91 Å². The van der Waals surface area contributed by atoms with Crippen LogP contribution in [0.1, 0.15) is 39.9 Å². The Balaban J connectivity index is 1.70. The first-order valence-electron chi connectivity index (χ1n) is 11.0. The molecule has 2 aromatic carbocycles. The van der Waals surface area contributed by atoms with E-state index in [9.17, 15) is 18.0 Å². The number of hydrogen-bond acceptors (Lipinski definition) is 4. The van der Waals surface area contributed by atoms with Crippen molar-refractivity contribution in [3.63, 3.8) is 0 Å². The third kappa shape index (κ3) is 5.82. The summed E-state index contributed by atoms with van der Waals surface area (Å²) in [6.45, 7) is 10.4. The molecule has 1 aliphatic rings. The van der Waals surface area contributed by atoms with Gasteiger partial charge in [-0.1, -0.05) is 23.8 Å². The van der Waals surface area contributed by atoms with Gasteiger partial charge in [-0.05, 0) is 69.0 Å². The number of aryl methyl sites for hydroxylation is 3. The van der Waals surface area contributed by atoms with E-state index in [4.69, 9.17) is 0 Å². The van der Waals surface area contributed by atoms with Gasteiger partial charge >= 0.3 is 0 Å². The van der Waals surface area contributed by atoms with Gasteiger partial charge in [0.25, 0.3) is 15.9 Å². The number of carbonyl (C=O) groups is 2. The fourth-order valence-electron chi connectivity index (χ4n) is 4.35. The highest BCUT2D eigenvalue weighted by molar-refractivity contribution is 7.92. The van der Waals surface area contributed by atoms with Crippen LogP contribution in [0.25, 0.3) is 0 Å². The number of anilines is 1. The zero-order valence-electron chi connectivity index (χ0n) is 19.3. The highest BCUT2D eigenvalue weighted by Crippen LogP contribution is 2.25. The van der Waals surface area contributed by atoms with Crippen LogP contribution in [0.4, 0.5) is 5.69 Å². The largest absolute Gasteiger partial charge is 0.352 e. The number of hydrogen-bond donors (Lipinski definition) is 2. The Morgan fingerprint density at radius 2 is 1.76 bits per heavy atom. The Bertz CT molecular complexity index is 1130. The number of piperidine rings is 1. The van der Waals surface area contributed by atoms with Crippen molar-refractivity contribution in [3.05, 3.63) is 71.3 Å². The Morgan fingerprint density at radius 3 is 2.36 bits per heavy atom. The Morgan fingerprint density at radius 1 is 1.12 bits per heavy atom. The van der Waals surface area contributed by atoms with Crippen LogP contribution in [0.3, 0.4) is 0 Å². The van der Waals surface area contributed by atoms with E-state index in [0.29, 0.717) is 42.0 Å². The normalized spacial score (nSPS) is 16.2. The molecule has 2 N–H and O–H groups in total. The van der Waals surface area contributed by atoms with Gasteiger partial charge in [0.15, 0.2) is 0 Å². The number of rotatable bonds is 7. The minimum Gasteiger partial charge on any atom is -0.352 e. The summed E-state index contributed by atoms with van der Waals surface area (Å²) >= 11 is 0. The zero-order chi connectivity index (χ0) is 24.2. The molecule has 0 bridgehead atoms. The Hall–Kier alpha value is -3.13. The van der Waals surface area contributed by atoms with E-state index >= 15 is 0 Å². The van der Waals surface area contributed by atoms with Crippen molar-refractivity contribution in [2.75, 3.05) is 24.4 Å². The first-order valence-corrected chi connectivity index (χ1v) is 12.5. The Kier molecular flexibility index (Phi) is 7.58. The molecule has 1 heterocycles. The third-order valence-electron chi connectivity index (χ3n) is 5.76. The van der Waals surface area contributed by atoms with Gasteiger partial charge in [-0.15, -0.1) is 6.58 Å². The molecular weight excluding hydrogens is 438 g/mol. The molecule has 0 aliphatic carbocycles. The van der Waals surface area contributed by atoms with E-state index < -0.39 is 10.0 Å². The summed E-state index contributed by atoms with van der Waals surface area (Å²) in [6, 6.07) is 10.1. The minimum absolute atomic E-state index is 0.0705. The third-order valence-corrected chi connectivity index (χ3v) is 7.44. The van der Waals surface area contributed by atoms with E-state index in [2.05, 4.69) is 16.6 Å². The average molecular weight is 470 g/mol. The summed E-state index contributed by atoms with van der Waals surface area (Å²) in [7, 11) is -3.77. The topological polar surface area (TPSA) is 95.6 Å². The van der Waals surface area contributed by atoms with Crippen LogP contribution in [-0.2, 0) is 14.8 Å². The van der Waals surface area contributed by atoms with E-state index in [0.717, 1.165) is 18.4 Å². The molecular formula is C25H31N3O4S. The molecule has 2 amide bonds. The lowest BCUT2D eigenvalue weighted by molar-refractivity contribution is -0.126. The molecule has 0 radical (unpaired) electrons. The summed E-state index contributed by atoms with van der Waals surface area (Å²) in [5, 5.41) is 2.79. The summed E-state index contributed by atoms with van der Waals surface area (Å²) < 4.78 is 28.5. The quantitative estimate of drug-likeness (QED) is 0.606. The van der Waals surface area contributed by atoms with Crippen molar-refractivity contribution in [3.8, 4) is 0 Å². The lowest BCUT2D eigenvalue weighted by Gasteiger charge is -2.32. The van der Waals surface area contributed by atoms with Crippen LogP contribution in [0.5, 0.6) is 0 Å². The van der Waals surface area contributed by atoms with Gasteiger partial charge < -0.3 is 10.2 Å². The molecule has 0 aromatic heterocycles. The second kappa shape index (κ2) is 10.2. The molecule has 1 atom stereocenters. The van der Waals surface area contributed by atoms with Crippen LogP contribution < -0.4 is 10.0 Å². The molecule has 33 heavy (non-hydrogen) atoms. The Labute approximate surface area is 195 Å². The van der Waals surface area contributed by atoms with Gasteiger partial charge in [-0.3, -0.25) is 14.3 Å². The number of benzene rings is 2. The molecule has 7 nitrogen and oxygen atoms in total. The number of carbonyl (C=O) groups excluding carboxylic acids is 2. The predicted molar refractivity (Wildman–Crippen MR) is 130 cm³/mol. The van der Waals surface area contributed by atoms with Crippen molar-refractivity contribution in [2.45, 2.75) is 38.5 Å². The molecule has 1 saturated heterocycles. The second-order valence-corrected chi connectivity index (χ2v) is 10.2.